The summed E-state index contributed by atoms with van der Waals surface area (Å²) in [6, 6.07) is 0. The van der Waals surface area contributed by atoms with Crippen molar-refractivity contribution in [2.24, 2.45) is 0 Å². The van der Waals surface area contributed by atoms with Crippen LogP contribution in [0.2, 0.25) is 0 Å². The smallest absolute Gasteiger partial charge is 0.358 e. The van der Waals surface area contributed by atoms with Crippen LogP contribution in [-0.4, -0.2) is 0 Å². The van der Waals surface area contributed by atoms with E-state index in [1.165, 1.54) is 36.0 Å². The molecule has 0 heterocycles. The molecule has 0 saturated heterocycles. The molecule has 0 amide bonds. The van der Waals surface area contributed by atoms with E-state index in [0.717, 1.165) is 6.42 Å². The van der Waals surface area contributed by atoms with Crippen molar-refractivity contribution in [1.29, 1.82) is 0 Å². The Morgan fingerprint density at radius 1 is 1.00 bits per heavy atom. The van der Waals surface area contributed by atoms with Crippen molar-refractivity contribution in [3.05, 3.63) is 54.5 Å². The normalized spacial score (nSPS) is 17.9. The minimum absolute atomic E-state index is 0. The zero-order chi connectivity index (χ0) is 9.10. The molecule has 0 aliphatic heterocycles. The van der Waals surface area contributed by atoms with Crippen molar-refractivity contribution in [2.75, 3.05) is 0 Å². The first-order valence-electron chi connectivity index (χ1n) is 4.99. The molecule has 0 unspecified atom stereocenters. The maximum atomic E-state index is 3.22. The molecule has 0 aromatic carbocycles. The summed E-state index contributed by atoms with van der Waals surface area (Å²) < 4.78 is 0. The van der Waals surface area contributed by atoms with E-state index in [1.807, 2.05) is 0 Å². The summed E-state index contributed by atoms with van der Waals surface area (Å²) in [6.07, 6.45) is 16.7. The third-order valence-electron chi connectivity index (χ3n) is 2.71. The van der Waals surface area contributed by atoms with Gasteiger partial charge in [-0.25, -0.2) is 12.2 Å². The van der Waals surface area contributed by atoms with Crippen LogP contribution in [0.25, 0.3) is 0 Å². The standard InChI is InChI=1S/C13H15.CH3.K.U/c1-11-7-9-13(10-8-11)12-5-3-2-4-6-12;;;/h3,5,7,9H,4,6,8,10H2,1H3;1H3;;/q2*-1;+1;+2. The van der Waals surface area contributed by atoms with Gasteiger partial charge in [0.1, 0.15) is 0 Å². The molecule has 78 valence electrons. The molecule has 0 N–H and O–H groups in total. The van der Waals surface area contributed by atoms with Crippen LogP contribution in [0.15, 0.2) is 41.0 Å². The average Bonchev–Trinajstić information content (AvgIpc) is 2.20. The second-order valence-electron chi connectivity index (χ2n) is 3.77. The summed E-state index contributed by atoms with van der Waals surface area (Å²) in [5.74, 6) is 0. The molecule has 0 radical (unpaired) electrons. The maximum Gasteiger partial charge on any atom is 2.00 e. The molecule has 0 aromatic rings. The zero-order valence-electron chi connectivity index (χ0n) is 10.6. The first-order valence-corrected chi connectivity index (χ1v) is 4.99. The summed E-state index contributed by atoms with van der Waals surface area (Å²) in [5.41, 5.74) is 4.55. The van der Waals surface area contributed by atoms with Crippen LogP contribution >= 0.6 is 0 Å². The second kappa shape index (κ2) is 10.6. The molecule has 2 aliphatic rings. The summed E-state index contributed by atoms with van der Waals surface area (Å²) >= 11 is 0. The Morgan fingerprint density at radius 3 is 2.19 bits per heavy atom. The Kier molecular flexibility index (Phi) is 13.2. The molecule has 0 spiro atoms. The molecular formula is C14H18KU+. The van der Waals surface area contributed by atoms with Gasteiger partial charge in [-0.2, -0.15) is 0 Å². The Balaban J connectivity index is 0. The van der Waals surface area contributed by atoms with Gasteiger partial charge in [-0.1, -0.05) is 29.7 Å². The third-order valence-corrected chi connectivity index (χ3v) is 2.71. The summed E-state index contributed by atoms with van der Waals surface area (Å²) in [6.45, 7) is 2.20. The molecule has 0 saturated carbocycles. The Labute approximate surface area is 167 Å². The van der Waals surface area contributed by atoms with Gasteiger partial charge in [0.2, 0.25) is 0 Å². The van der Waals surface area contributed by atoms with E-state index in [4.69, 9.17) is 0 Å². The van der Waals surface area contributed by atoms with Gasteiger partial charge in [0.05, 0.1) is 0 Å². The fraction of sp³-hybridized carbons (Fsp3) is 0.357. The van der Waals surface area contributed by atoms with Crippen molar-refractivity contribution >= 4 is 0 Å². The van der Waals surface area contributed by atoms with E-state index < -0.39 is 0 Å². The first-order chi connectivity index (χ1) is 6.36. The summed E-state index contributed by atoms with van der Waals surface area (Å²) in [4.78, 5) is 0. The predicted octanol–water partition coefficient (Wildman–Crippen LogP) is 1.19. The van der Waals surface area contributed by atoms with Crippen molar-refractivity contribution in [3.63, 3.8) is 0 Å². The summed E-state index contributed by atoms with van der Waals surface area (Å²) in [7, 11) is 0. The minimum atomic E-state index is 0. The van der Waals surface area contributed by atoms with Crippen molar-refractivity contribution in [3.8, 4) is 0 Å². The van der Waals surface area contributed by atoms with Crippen LogP contribution in [0.1, 0.15) is 32.6 Å². The van der Waals surface area contributed by atoms with E-state index >= 15 is 0 Å². The molecule has 2 aliphatic carbocycles. The molecule has 2 heteroatoms. The van der Waals surface area contributed by atoms with Gasteiger partial charge in [-0.05, 0) is 19.8 Å². The van der Waals surface area contributed by atoms with Crippen LogP contribution in [0.3, 0.4) is 0 Å². The largest absolute Gasteiger partial charge is 2.00 e. The van der Waals surface area contributed by atoms with Gasteiger partial charge in [0.15, 0.2) is 0 Å². The van der Waals surface area contributed by atoms with Gasteiger partial charge >= 0.3 is 82.5 Å². The molecular weight excluding hydrogens is 445 g/mol. The summed E-state index contributed by atoms with van der Waals surface area (Å²) in [5, 5.41) is 0. The fourth-order valence-corrected chi connectivity index (χ4v) is 1.81. The fourth-order valence-electron chi connectivity index (χ4n) is 1.81. The van der Waals surface area contributed by atoms with Crippen LogP contribution in [0.4, 0.5) is 0 Å². The van der Waals surface area contributed by atoms with E-state index in [2.05, 4.69) is 37.3 Å². The molecule has 0 aromatic heterocycles. The number of rotatable bonds is 1. The second-order valence-corrected chi connectivity index (χ2v) is 3.77. The van der Waals surface area contributed by atoms with Gasteiger partial charge in [0, 0.05) is 0 Å². The Hall–Kier alpha value is 1.65. The zero-order valence-corrected chi connectivity index (χ0v) is 17.9. The molecule has 16 heavy (non-hydrogen) atoms. The van der Waals surface area contributed by atoms with Gasteiger partial charge in [-0.15, -0.1) is 12.0 Å². The van der Waals surface area contributed by atoms with Crippen LogP contribution in [-0.2, 0) is 0 Å². The van der Waals surface area contributed by atoms with Gasteiger partial charge in [-0.3, -0.25) is 6.08 Å². The van der Waals surface area contributed by atoms with Gasteiger partial charge < -0.3 is 7.43 Å². The quantitative estimate of drug-likeness (QED) is 0.405. The molecule has 0 fully saturated rings. The molecule has 0 nitrogen and oxygen atoms in total. The topological polar surface area (TPSA) is 0 Å². The minimum Gasteiger partial charge on any atom is -0.358 e. The van der Waals surface area contributed by atoms with Crippen molar-refractivity contribution in [1.82, 2.24) is 0 Å². The molecule has 2 rings (SSSR count). The van der Waals surface area contributed by atoms with E-state index in [9.17, 15) is 0 Å². The van der Waals surface area contributed by atoms with Crippen molar-refractivity contribution < 1.29 is 82.5 Å². The Bertz CT molecular complexity index is 322. The SMILES string of the molecule is CC1=CC=C(C2=CC=[C-]CC2)CC1.[CH3-].[K+].[U+2]. The number of hydrogen-bond donors (Lipinski definition) is 0. The number of allylic oxidation sites excluding steroid dienone is 8. The van der Waals surface area contributed by atoms with Crippen LogP contribution < -0.4 is 51.4 Å². The van der Waals surface area contributed by atoms with E-state index in [-0.39, 0.29) is 89.9 Å². The number of hydrogen-bond acceptors (Lipinski definition) is 0. The van der Waals surface area contributed by atoms with E-state index in [1.54, 1.807) is 0 Å². The molecule has 0 bridgehead atoms. The van der Waals surface area contributed by atoms with Crippen LogP contribution in [0.5, 0.6) is 0 Å². The van der Waals surface area contributed by atoms with E-state index in [0.29, 0.717) is 0 Å². The molecule has 0 atom stereocenters. The Morgan fingerprint density at radius 2 is 1.69 bits per heavy atom. The predicted molar refractivity (Wildman–Crippen MR) is 62.6 cm³/mol. The van der Waals surface area contributed by atoms with Gasteiger partial charge in [0.25, 0.3) is 0 Å². The third kappa shape index (κ3) is 6.00. The monoisotopic (exact) mass is 463 g/mol. The maximum absolute atomic E-state index is 3.22. The average molecular weight is 463 g/mol. The van der Waals surface area contributed by atoms with Crippen LogP contribution in [0, 0.1) is 44.6 Å². The first kappa shape index (κ1) is 20.0. The van der Waals surface area contributed by atoms with Crippen molar-refractivity contribution in [2.45, 2.75) is 32.6 Å².